The molecule has 112 valence electrons. The standard InChI is InChI=1S/C19H15F3/c20-19(21,22)14-8-5-13-7-9-16-15-4-2-1-3-12(15)6-10-17(16)18(13)11-14/h2,4-5,7-9,11H,1,3,6,10H2. The largest absolute Gasteiger partial charge is 0.416 e. The molecule has 0 radical (unpaired) electrons. The van der Waals surface area contributed by atoms with E-state index in [2.05, 4.69) is 18.2 Å². The third-order valence-electron chi connectivity index (χ3n) is 4.71. The van der Waals surface area contributed by atoms with Crippen LogP contribution >= 0.6 is 0 Å². The molecule has 0 spiro atoms. The highest BCUT2D eigenvalue weighted by atomic mass is 19.4. The molecule has 0 N–H and O–H groups in total. The van der Waals surface area contributed by atoms with Crippen LogP contribution in [-0.4, -0.2) is 0 Å². The third kappa shape index (κ3) is 2.07. The molecule has 22 heavy (non-hydrogen) atoms. The molecular formula is C19H15F3. The summed E-state index contributed by atoms with van der Waals surface area (Å²) in [6, 6.07) is 8.07. The zero-order chi connectivity index (χ0) is 15.3. The van der Waals surface area contributed by atoms with E-state index < -0.39 is 11.7 Å². The van der Waals surface area contributed by atoms with Gasteiger partial charge in [0.15, 0.2) is 0 Å². The fourth-order valence-corrected chi connectivity index (χ4v) is 3.61. The van der Waals surface area contributed by atoms with E-state index in [0.717, 1.165) is 47.6 Å². The summed E-state index contributed by atoms with van der Waals surface area (Å²) in [7, 11) is 0. The molecule has 0 unspecified atom stereocenters. The molecule has 0 heterocycles. The van der Waals surface area contributed by atoms with Gasteiger partial charge in [0.1, 0.15) is 0 Å². The maximum absolute atomic E-state index is 13.0. The van der Waals surface area contributed by atoms with E-state index in [9.17, 15) is 13.2 Å². The summed E-state index contributed by atoms with van der Waals surface area (Å²) < 4.78 is 39.0. The van der Waals surface area contributed by atoms with Gasteiger partial charge in [0.25, 0.3) is 0 Å². The predicted molar refractivity (Wildman–Crippen MR) is 82.6 cm³/mol. The van der Waals surface area contributed by atoms with Crippen molar-refractivity contribution >= 4 is 16.3 Å². The summed E-state index contributed by atoms with van der Waals surface area (Å²) in [6.45, 7) is 0. The first-order valence-electron chi connectivity index (χ1n) is 7.56. The predicted octanol–water partition coefficient (Wildman–Crippen LogP) is 5.91. The maximum Gasteiger partial charge on any atom is 0.416 e. The molecule has 0 amide bonds. The van der Waals surface area contributed by atoms with E-state index in [1.165, 1.54) is 23.3 Å². The summed E-state index contributed by atoms with van der Waals surface area (Å²) in [5.74, 6) is 0. The number of fused-ring (bicyclic) bond motifs is 4. The molecule has 2 aromatic rings. The van der Waals surface area contributed by atoms with Gasteiger partial charge in [0, 0.05) is 0 Å². The van der Waals surface area contributed by atoms with Crippen molar-refractivity contribution in [3.8, 4) is 0 Å². The topological polar surface area (TPSA) is 0 Å². The number of hydrogen-bond donors (Lipinski definition) is 0. The van der Waals surface area contributed by atoms with Gasteiger partial charge in [0.2, 0.25) is 0 Å². The van der Waals surface area contributed by atoms with Crippen LogP contribution in [0.4, 0.5) is 13.2 Å². The van der Waals surface area contributed by atoms with E-state index in [0.29, 0.717) is 0 Å². The van der Waals surface area contributed by atoms with Crippen LogP contribution in [0.5, 0.6) is 0 Å². The van der Waals surface area contributed by atoms with Crippen molar-refractivity contribution in [2.24, 2.45) is 0 Å². The van der Waals surface area contributed by atoms with E-state index in [1.54, 1.807) is 6.07 Å². The highest BCUT2D eigenvalue weighted by molar-refractivity contribution is 5.94. The number of halogens is 3. The van der Waals surface area contributed by atoms with Gasteiger partial charge < -0.3 is 0 Å². The van der Waals surface area contributed by atoms with Crippen LogP contribution in [0.15, 0.2) is 48.1 Å². The lowest BCUT2D eigenvalue weighted by atomic mass is 9.79. The Bertz CT molecular complexity index is 822. The SMILES string of the molecule is FC(F)(F)c1ccc2ccc3c(c2c1)CCC1=C3C=CCC1. The van der Waals surface area contributed by atoms with Crippen molar-refractivity contribution in [1.29, 1.82) is 0 Å². The van der Waals surface area contributed by atoms with Crippen LogP contribution in [0.1, 0.15) is 36.0 Å². The molecule has 2 aliphatic carbocycles. The number of allylic oxidation sites excluding steroid dienone is 4. The maximum atomic E-state index is 13.0. The van der Waals surface area contributed by atoms with Crippen LogP contribution in [0.25, 0.3) is 16.3 Å². The minimum Gasteiger partial charge on any atom is -0.166 e. The summed E-state index contributed by atoms with van der Waals surface area (Å²) in [6.07, 6.45) is 3.94. The smallest absolute Gasteiger partial charge is 0.166 e. The van der Waals surface area contributed by atoms with Gasteiger partial charge in [0.05, 0.1) is 5.56 Å². The van der Waals surface area contributed by atoms with Crippen LogP contribution in [0.3, 0.4) is 0 Å². The number of alkyl halides is 3. The molecule has 0 saturated carbocycles. The van der Waals surface area contributed by atoms with E-state index in [-0.39, 0.29) is 0 Å². The third-order valence-corrected chi connectivity index (χ3v) is 4.71. The molecule has 0 fully saturated rings. The number of hydrogen-bond acceptors (Lipinski definition) is 0. The molecular weight excluding hydrogens is 285 g/mol. The summed E-state index contributed by atoms with van der Waals surface area (Å²) in [5, 5.41) is 1.63. The zero-order valence-corrected chi connectivity index (χ0v) is 12.0. The Morgan fingerprint density at radius 1 is 0.909 bits per heavy atom. The second kappa shape index (κ2) is 4.73. The minimum absolute atomic E-state index is 0.563. The van der Waals surface area contributed by atoms with E-state index >= 15 is 0 Å². The van der Waals surface area contributed by atoms with Crippen LogP contribution in [-0.2, 0) is 12.6 Å². The van der Waals surface area contributed by atoms with Crippen molar-refractivity contribution in [2.45, 2.75) is 31.9 Å². The average molecular weight is 300 g/mol. The van der Waals surface area contributed by atoms with Crippen molar-refractivity contribution in [1.82, 2.24) is 0 Å². The Balaban J connectivity index is 1.96. The number of rotatable bonds is 0. The molecule has 4 rings (SSSR count). The van der Waals surface area contributed by atoms with Gasteiger partial charge in [-0.05, 0) is 65.3 Å². The monoisotopic (exact) mass is 300 g/mol. The first kappa shape index (κ1) is 13.6. The van der Waals surface area contributed by atoms with Crippen LogP contribution < -0.4 is 0 Å². The molecule has 3 heteroatoms. The fourth-order valence-electron chi connectivity index (χ4n) is 3.61. The Labute approximate surface area is 127 Å². The van der Waals surface area contributed by atoms with Gasteiger partial charge in [-0.3, -0.25) is 0 Å². The van der Waals surface area contributed by atoms with Crippen molar-refractivity contribution in [3.63, 3.8) is 0 Å². The molecule has 0 aromatic heterocycles. The van der Waals surface area contributed by atoms with E-state index in [4.69, 9.17) is 0 Å². The van der Waals surface area contributed by atoms with Crippen molar-refractivity contribution in [2.75, 3.05) is 0 Å². The molecule has 0 aliphatic heterocycles. The Kier molecular flexibility index (Phi) is 2.93. The summed E-state index contributed by atoms with van der Waals surface area (Å²) in [5.41, 5.74) is 4.29. The lowest BCUT2D eigenvalue weighted by Crippen LogP contribution is -2.08. The molecule has 0 atom stereocenters. The first-order valence-corrected chi connectivity index (χ1v) is 7.56. The fraction of sp³-hybridized carbons (Fsp3) is 0.263. The number of aryl methyl sites for hydroxylation is 1. The summed E-state index contributed by atoms with van der Waals surface area (Å²) in [4.78, 5) is 0. The highest BCUT2D eigenvalue weighted by Gasteiger charge is 2.31. The van der Waals surface area contributed by atoms with Gasteiger partial charge in [-0.15, -0.1) is 0 Å². The molecule has 2 aromatic carbocycles. The molecule has 0 saturated heterocycles. The Morgan fingerprint density at radius 3 is 2.55 bits per heavy atom. The van der Waals surface area contributed by atoms with Gasteiger partial charge in [-0.25, -0.2) is 0 Å². The molecule has 0 bridgehead atoms. The normalized spacial score (nSPS) is 17.6. The second-order valence-corrected chi connectivity index (χ2v) is 5.98. The van der Waals surface area contributed by atoms with Crippen LogP contribution in [0.2, 0.25) is 0 Å². The minimum atomic E-state index is -4.29. The first-order chi connectivity index (χ1) is 10.5. The molecule has 0 nitrogen and oxygen atoms in total. The quantitative estimate of drug-likeness (QED) is 0.567. The Hall–Kier alpha value is -2.03. The van der Waals surface area contributed by atoms with Gasteiger partial charge in [-0.2, -0.15) is 13.2 Å². The lowest BCUT2D eigenvalue weighted by Gasteiger charge is -2.25. The lowest BCUT2D eigenvalue weighted by molar-refractivity contribution is -0.137. The van der Waals surface area contributed by atoms with Crippen molar-refractivity contribution in [3.05, 3.63) is 64.7 Å². The highest BCUT2D eigenvalue weighted by Crippen LogP contribution is 2.41. The van der Waals surface area contributed by atoms with E-state index in [1.807, 2.05) is 6.07 Å². The molecule has 2 aliphatic rings. The second-order valence-electron chi connectivity index (χ2n) is 5.98. The van der Waals surface area contributed by atoms with Crippen LogP contribution in [0, 0.1) is 0 Å². The average Bonchev–Trinajstić information content (AvgIpc) is 2.53. The van der Waals surface area contributed by atoms with Gasteiger partial charge in [-0.1, -0.05) is 35.9 Å². The Morgan fingerprint density at radius 2 is 1.73 bits per heavy atom. The zero-order valence-electron chi connectivity index (χ0n) is 12.0. The number of benzene rings is 2. The van der Waals surface area contributed by atoms with Crippen molar-refractivity contribution < 1.29 is 13.2 Å². The summed E-state index contributed by atoms with van der Waals surface area (Å²) >= 11 is 0. The van der Waals surface area contributed by atoms with Gasteiger partial charge >= 0.3 is 6.18 Å².